The van der Waals surface area contributed by atoms with E-state index in [1.54, 1.807) is 48.4 Å². The van der Waals surface area contributed by atoms with E-state index in [1.165, 1.54) is 4.90 Å². The topological polar surface area (TPSA) is 83.5 Å². The summed E-state index contributed by atoms with van der Waals surface area (Å²) in [4.78, 5) is 35.2. The molecule has 0 unspecified atom stereocenters. The number of aliphatic imine (C=N–C) groups is 1. The molecule has 3 aromatic rings. The van der Waals surface area contributed by atoms with Gasteiger partial charge in [0.25, 0.3) is 5.91 Å². The summed E-state index contributed by atoms with van der Waals surface area (Å²) in [5.74, 6) is 1.11. The molecule has 0 aliphatic carbocycles. The Hall–Kier alpha value is -4.01. The van der Waals surface area contributed by atoms with Crippen molar-refractivity contribution < 1.29 is 19.1 Å². The van der Waals surface area contributed by atoms with Crippen molar-refractivity contribution in [3.8, 4) is 11.5 Å². The van der Waals surface area contributed by atoms with Gasteiger partial charge in [0.05, 0.1) is 24.8 Å². The molecule has 0 spiro atoms. The number of urea groups is 1. The number of rotatable bonds is 6. The zero-order valence-corrected chi connectivity index (χ0v) is 24.4. The Balaban J connectivity index is 1.73. The molecule has 3 aromatic carbocycles. The van der Waals surface area contributed by atoms with Crippen LogP contribution in [-0.2, 0) is 4.79 Å². The van der Waals surface area contributed by atoms with Crippen molar-refractivity contribution >= 4 is 41.0 Å². The number of amides is 3. The number of carbonyl (C=O) groups is 2. The average Bonchev–Trinajstić information content (AvgIpc) is 3.35. The molecule has 8 nitrogen and oxygen atoms in total. The molecule has 2 aliphatic rings. The predicted molar refractivity (Wildman–Crippen MR) is 160 cm³/mol. The van der Waals surface area contributed by atoms with Crippen LogP contribution >= 0.6 is 23.2 Å². The molecule has 2 atom stereocenters. The number of carbonyl (C=O) groups excluding carboxylic acids is 2. The van der Waals surface area contributed by atoms with Gasteiger partial charge in [-0.05, 0) is 61.4 Å². The molecule has 1 fully saturated rings. The summed E-state index contributed by atoms with van der Waals surface area (Å²) in [5.41, 5.74) is 2.35. The molecule has 41 heavy (non-hydrogen) atoms. The van der Waals surface area contributed by atoms with Crippen molar-refractivity contribution in [1.82, 2.24) is 15.1 Å². The minimum Gasteiger partial charge on any atom is -0.497 e. The van der Waals surface area contributed by atoms with Crippen molar-refractivity contribution in [2.45, 2.75) is 32.0 Å². The van der Waals surface area contributed by atoms with Gasteiger partial charge in [-0.15, -0.1) is 0 Å². The summed E-state index contributed by atoms with van der Waals surface area (Å²) in [7, 11) is 1.58. The summed E-state index contributed by atoms with van der Waals surface area (Å²) in [6.07, 6.45) is -0.156. The van der Waals surface area contributed by atoms with Crippen LogP contribution in [0.1, 0.15) is 42.6 Å². The fourth-order valence-electron chi connectivity index (χ4n) is 5.00. The van der Waals surface area contributed by atoms with E-state index in [0.717, 1.165) is 11.1 Å². The Kier molecular flexibility index (Phi) is 8.24. The van der Waals surface area contributed by atoms with Gasteiger partial charge in [0.15, 0.2) is 0 Å². The molecule has 212 valence electrons. The van der Waals surface area contributed by atoms with Crippen LogP contribution in [0, 0.1) is 0 Å². The first kappa shape index (κ1) is 28.5. The Morgan fingerprint density at radius 2 is 1.66 bits per heavy atom. The van der Waals surface area contributed by atoms with E-state index in [9.17, 15) is 9.59 Å². The number of benzene rings is 3. The molecule has 1 saturated heterocycles. The van der Waals surface area contributed by atoms with Crippen LogP contribution in [-0.4, -0.2) is 53.9 Å². The number of hydrogen-bond donors (Lipinski definition) is 1. The third-order valence-corrected chi connectivity index (χ3v) is 7.43. The van der Waals surface area contributed by atoms with Gasteiger partial charge in [-0.2, -0.15) is 0 Å². The third-order valence-electron chi connectivity index (χ3n) is 6.93. The van der Waals surface area contributed by atoms with E-state index in [4.69, 9.17) is 37.7 Å². The average molecular weight is 594 g/mol. The summed E-state index contributed by atoms with van der Waals surface area (Å²) in [6.45, 7) is 8.32. The monoisotopic (exact) mass is 592 g/mol. The van der Waals surface area contributed by atoms with Crippen LogP contribution in [0.15, 0.2) is 84.0 Å². The largest absolute Gasteiger partial charge is 0.497 e. The van der Waals surface area contributed by atoms with Gasteiger partial charge in [0.1, 0.15) is 29.1 Å². The smallest absolute Gasteiger partial charge is 0.331 e. The van der Waals surface area contributed by atoms with Crippen LogP contribution < -0.4 is 14.8 Å². The summed E-state index contributed by atoms with van der Waals surface area (Å²) in [5, 5.41) is 3.90. The lowest BCUT2D eigenvalue weighted by Gasteiger charge is -2.36. The first-order valence-corrected chi connectivity index (χ1v) is 13.9. The van der Waals surface area contributed by atoms with Crippen molar-refractivity contribution in [2.75, 3.05) is 20.2 Å². The second-order valence-electron chi connectivity index (χ2n) is 9.98. The SMILES string of the molecule is C=C1C(=O)NCCN1C(=O)N1C(c2ccc(OC)cc2OC(C)C)=N[C@@H](c2ccc(Cl)cc2)[C@H]1c1ccc(Cl)cc1. The maximum absolute atomic E-state index is 14.5. The van der Waals surface area contributed by atoms with Gasteiger partial charge in [-0.3, -0.25) is 19.6 Å². The highest BCUT2D eigenvalue weighted by molar-refractivity contribution is 6.30. The van der Waals surface area contributed by atoms with Gasteiger partial charge in [-0.25, -0.2) is 4.79 Å². The number of hydrogen-bond acceptors (Lipinski definition) is 5. The quantitative estimate of drug-likeness (QED) is 0.336. The molecule has 1 N–H and O–H groups in total. The van der Waals surface area contributed by atoms with Gasteiger partial charge >= 0.3 is 6.03 Å². The van der Waals surface area contributed by atoms with Crippen molar-refractivity contribution in [3.05, 3.63) is 106 Å². The van der Waals surface area contributed by atoms with E-state index in [1.807, 2.05) is 44.2 Å². The van der Waals surface area contributed by atoms with E-state index < -0.39 is 24.0 Å². The van der Waals surface area contributed by atoms with Gasteiger partial charge in [0.2, 0.25) is 0 Å². The van der Waals surface area contributed by atoms with Crippen LogP contribution in [0.25, 0.3) is 0 Å². The predicted octanol–water partition coefficient (Wildman–Crippen LogP) is 6.40. The fourth-order valence-corrected chi connectivity index (χ4v) is 5.25. The van der Waals surface area contributed by atoms with E-state index in [2.05, 4.69) is 11.9 Å². The number of amidine groups is 1. The molecule has 2 heterocycles. The number of nitrogens with zero attached hydrogens (tertiary/aromatic N) is 3. The fraction of sp³-hybridized carbons (Fsp3) is 0.258. The van der Waals surface area contributed by atoms with E-state index in [-0.39, 0.29) is 18.3 Å². The van der Waals surface area contributed by atoms with E-state index in [0.29, 0.717) is 39.5 Å². The first-order chi connectivity index (χ1) is 19.7. The van der Waals surface area contributed by atoms with Gasteiger partial charge in [-0.1, -0.05) is 54.0 Å². The number of nitrogens with one attached hydrogen (secondary N) is 1. The molecule has 3 amide bonds. The zero-order valence-electron chi connectivity index (χ0n) is 22.9. The van der Waals surface area contributed by atoms with Crippen molar-refractivity contribution in [2.24, 2.45) is 4.99 Å². The summed E-state index contributed by atoms with van der Waals surface area (Å²) in [6, 6.07) is 18.6. The maximum atomic E-state index is 14.5. The summed E-state index contributed by atoms with van der Waals surface area (Å²) < 4.78 is 11.7. The molecule has 0 radical (unpaired) electrons. The minimum atomic E-state index is -0.581. The van der Waals surface area contributed by atoms with Gasteiger partial charge in [0, 0.05) is 29.2 Å². The third kappa shape index (κ3) is 5.76. The number of piperazine rings is 1. The molecular weight excluding hydrogens is 563 g/mol. The molecule has 0 saturated carbocycles. The first-order valence-electron chi connectivity index (χ1n) is 13.2. The van der Waals surface area contributed by atoms with Gasteiger partial charge < -0.3 is 14.8 Å². The van der Waals surface area contributed by atoms with Crippen molar-refractivity contribution in [3.63, 3.8) is 0 Å². The molecule has 10 heteroatoms. The minimum absolute atomic E-state index is 0.0683. The Morgan fingerprint density at radius 3 is 2.27 bits per heavy atom. The molecule has 0 aromatic heterocycles. The number of ether oxygens (including phenoxy) is 2. The highest BCUT2D eigenvalue weighted by Crippen LogP contribution is 2.46. The highest BCUT2D eigenvalue weighted by Gasteiger charge is 2.45. The Morgan fingerprint density at radius 1 is 1.02 bits per heavy atom. The van der Waals surface area contributed by atoms with Crippen LogP contribution in [0.5, 0.6) is 11.5 Å². The van der Waals surface area contributed by atoms with Crippen LogP contribution in [0.2, 0.25) is 10.0 Å². The van der Waals surface area contributed by atoms with Crippen LogP contribution in [0.4, 0.5) is 4.79 Å². The van der Waals surface area contributed by atoms with Crippen molar-refractivity contribution in [1.29, 1.82) is 0 Å². The Labute approximate surface area is 249 Å². The number of methoxy groups -OCH3 is 1. The van der Waals surface area contributed by atoms with E-state index >= 15 is 0 Å². The second kappa shape index (κ2) is 11.8. The normalized spacial score (nSPS) is 18.8. The standard InChI is InChI=1S/C31H30Cl2N4O4/c1-18(2)41-26-17-24(40-4)13-14-25(26)29-35-27(20-5-9-22(32)10-6-20)28(21-7-11-23(33)12-8-21)37(29)31(39)36-16-15-34-30(38)19(36)3/h5-14,17-18,27-28H,3,15-16H2,1-2,4H3,(H,34,38)/t27-,28+/m0/s1. The zero-order chi connectivity index (χ0) is 29.3. The molecule has 2 aliphatic heterocycles. The lowest BCUT2D eigenvalue weighted by Crippen LogP contribution is -2.53. The second-order valence-corrected chi connectivity index (χ2v) is 10.9. The van der Waals surface area contributed by atoms with Crippen LogP contribution in [0.3, 0.4) is 0 Å². The molecule has 0 bridgehead atoms. The summed E-state index contributed by atoms with van der Waals surface area (Å²) >= 11 is 12.5. The molecular formula is C31H30Cl2N4O4. The lowest BCUT2D eigenvalue weighted by molar-refractivity contribution is -0.119. The molecule has 5 rings (SSSR count). The number of halogens is 2. The highest BCUT2D eigenvalue weighted by atomic mass is 35.5. The maximum Gasteiger partial charge on any atom is 0.331 e. The lowest BCUT2D eigenvalue weighted by atomic mass is 9.93. The Bertz CT molecular complexity index is 1510.